The summed E-state index contributed by atoms with van der Waals surface area (Å²) in [4.78, 5) is 26.3. The third-order valence-corrected chi connectivity index (χ3v) is 14.0. The van der Waals surface area contributed by atoms with Crippen molar-refractivity contribution in [2.24, 2.45) is 0 Å². The highest BCUT2D eigenvalue weighted by atomic mass is 16.5. The summed E-state index contributed by atoms with van der Waals surface area (Å²) in [5, 5.41) is 23.9. The van der Waals surface area contributed by atoms with Crippen LogP contribution < -0.4 is 5.32 Å². The monoisotopic (exact) mass is 956 g/mol. The molecule has 1 amide bonds. The molecular formula is C62H117NO5. The summed E-state index contributed by atoms with van der Waals surface area (Å²) in [6.07, 6.45) is 67.8. The highest BCUT2D eigenvalue weighted by molar-refractivity contribution is 5.77. The van der Waals surface area contributed by atoms with Crippen LogP contribution in [0.4, 0.5) is 0 Å². The number of ether oxygens (including phenoxy) is 1. The number of unbranched alkanes of at least 4 members (excludes halogenated alkanes) is 37. The Labute approximate surface area is 424 Å². The predicted molar refractivity (Wildman–Crippen MR) is 296 cm³/mol. The van der Waals surface area contributed by atoms with Crippen LogP contribution in [0.25, 0.3) is 0 Å². The molecule has 0 aromatic rings. The maximum atomic E-state index is 13.3. The first kappa shape index (κ1) is 66.1. The smallest absolute Gasteiger partial charge is 0.306 e. The molecule has 68 heavy (non-hydrogen) atoms. The van der Waals surface area contributed by atoms with Gasteiger partial charge in [0.05, 0.1) is 25.2 Å². The van der Waals surface area contributed by atoms with E-state index in [4.69, 9.17) is 4.74 Å². The molecule has 0 heterocycles. The molecule has 6 nitrogen and oxygen atoms in total. The maximum Gasteiger partial charge on any atom is 0.306 e. The van der Waals surface area contributed by atoms with E-state index >= 15 is 0 Å². The summed E-state index contributed by atoms with van der Waals surface area (Å²) in [6, 6.07) is -0.702. The second-order valence-electron chi connectivity index (χ2n) is 20.8. The minimum Gasteiger partial charge on any atom is -0.462 e. The molecule has 6 heteroatoms. The van der Waals surface area contributed by atoms with Crippen molar-refractivity contribution in [3.05, 3.63) is 36.5 Å². The van der Waals surface area contributed by atoms with Crippen molar-refractivity contribution >= 4 is 11.9 Å². The van der Waals surface area contributed by atoms with Gasteiger partial charge < -0.3 is 20.3 Å². The summed E-state index contributed by atoms with van der Waals surface area (Å²) in [5.74, 6) is -0.469. The second-order valence-corrected chi connectivity index (χ2v) is 20.8. The Morgan fingerprint density at radius 3 is 1.16 bits per heavy atom. The van der Waals surface area contributed by atoms with Crippen LogP contribution in [0.3, 0.4) is 0 Å². The predicted octanol–water partition coefficient (Wildman–Crippen LogP) is 18.8. The number of hydrogen-bond acceptors (Lipinski definition) is 5. The zero-order chi connectivity index (χ0) is 49.5. The van der Waals surface area contributed by atoms with Crippen LogP contribution in [0.5, 0.6) is 0 Å². The van der Waals surface area contributed by atoms with E-state index in [1.54, 1.807) is 0 Å². The molecule has 0 aliphatic heterocycles. The van der Waals surface area contributed by atoms with Crippen LogP contribution in [0.2, 0.25) is 0 Å². The molecule has 0 fully saturated rings. The molecule has 0 radical (unpaired) electrons. The van der Waals surface area contributed by atoms with Crippen LogP contribution in [-0.4, -0.2) is 46.9 Å². The van der Waals surface area contributed by atoms with E-state index in [-0.39, 0.29) is 24.9 Å². The van der Waals surface area contributed by atoms with Gasteiger partial charge in [0.25, 0.3) is 0 Å². The van der Waals surface area contributed by atoms with E-state index in [0.717, 1.165) is 64.2 Å². The van der Waals surface area contributed by atoms with Crippen molar-refractivity contribution in [2.45, 2.75) is 341 Å². The Balaban J connectivity index is 4.53. The Morgan fingerprint density at radius 2 is 0.750 bits per heavy atom. The van der Waals surface area contributed by atoms with Crippen molar-refractivity contribution in [2.75, 3.05) is 6.61 Å². The zero-order valence-corrected chi connectivity index (χ0v) is 45.8. The summed E-state index contributed by atoms with van der Waals surface area (Å²) in [6.45, 7) is 6.50. The quantitative estimate of drug-likeness (QED) is 0.0321. The van der Waals surface area contributed by atoms with E-state index in [9.17, 15) is 19.8 Å². The van der Waals surface area contributed by atoms with Gasteiger partial charge in [-0.25, -0.2) is 0 Å². The molecular weight excluding hydrogens is 839 g/mol. The van der Waals surface area contributed by atoms with E-state index in [2.05, 4.69) is 62.5 Å². The van der Waals surface area contributed by atoms with E-state index in [1.165, 1.54) is 212 Å². The third kappa shape index (κ3) is 50.5. The van der Waals surface area contributed by atoms with Gasteiger partial charge in [-0.3, -0.25) is 9.59 Å². The Kier molecular flexibility index (Phi) is 54.4. The minimum atomic E-state index is -0.788. The van der Waals surface area contributed by atoms with Crippen molar-refractivity contribution < 1.29 is 24.5 Å². The normalized spacial score (nSPS) is 13.3. The molecule has 0 rings (SSSR count). The minimum absolute atomic E-state index is 0.0772. The van der Waals surface area contributed by atoms with Gasteiger partial charge in [0.2, 0.25) is 5.91 Å². The Hall–Kier alpha value is -1.92. The van der Waals surface area contributed by atoms with Gasteiger partial charge in [-0.2, -0.15) is 0 Å². The van der Waals surface area contributed by atoms with Crippen LogP contribution in [-0.2, 0) is 14.3 Å². The van der Waals surface area contributed by atoms with Crippen molar-refractivity contribution in [3.63, 3.8) is 0 Å². The number of allylic oxidation sites excluding steroid dienone is 6. The van der Waals surface area contributed by atoms with E-state index in [1.807, 2.05) is 0 Å². The van der Waals surface area contributed by atoms with Crippen LogP contribution in [0, 0.1) is 0 Å². The van der Waals surface area contributed by atoms with Crippen LogP contribution in [0.1, 0.15) is 323 Å². The number of rotatable bonds is 55. The zero-order valence-electron chi connectivity index (χ0n) is 45.8. The van der Waals surface area contributed by atoms with Gasteiger partial charge in [-0.15, -0.1) is 0 Å². The third-order valence-electron chi connectivity index (χ3n) is 14.0. The number of aliphatic hydroxyl groups is 2. The molecule has 0 aliphatic rings. The first-order chi connectivity index (χ1) is 33.5. The van der Waals surface area contributed by atoms with Crippen LogP contribution in [0.15, 0.2) is 36.5 Å². The largest absolute Gasteiger partial charge is 0.462 e. The molecule has 0 aromatic carbocycles. The standard InChI is InChI=1S/C62H117NO5/c1-4-7-10-13-16-19-22-25-28-29-30-31-34-37-40-43-46-49-52-55-62(67)68-58(53-50-47-44-41-38-35-32-26-23-20-17-14-11-8-5-2)56-61(66)63-59(57-64)60(65)54-51-48-45-42-39-36-33-27-24-21-18-15-12-9-6-3/h16,19,25,28,30-31,58-60,64-65H,4-15,17-18,20-24,26-27,29,32-57H2,1-3H3,(H,63,66)/b19-16-,28-25-,31-30-. The molecule has 0 bridgehead atoms. The first-order valence-corrected chi connectivity index (χ1v) is 30.2. The maximum absolute atomic E-state index is 13.3. The number of hydrogen-bond donors (Lipinski definition) is 3. The number of amides is 1. The Bertz CT molecular complexity index is 1120. The summed E-state index contributed by atoms with van der Waals surface area (Å²) in [7, 11) is 0. The van der Waals surface area contributed by atoms with Gasteiger partial charge in [0.1, 0.15) is 6.10 Å². The second kappa shape index (κ2) is 56.0. The molecule has 3 unspecified atom stereocenters. The van der Waals surface area contributed by atoms with Gasteiger partial charge in [-0.05, 0) is 64.2 Å². The average molecular weight is 957 g/mol. The Morgan fingerprint density at radius 1 is 0.426 bits per heavy atom. The molecule has 0 saturated carbocycles. The van der Waals surface area contributed by atoms with Gasteiger partial charge in [0, 0.05) is 6.42 Å². The van der Waals surface area contributed by atoms with Crippen molar-refractivity contribution in [1.29, 1.82) is 0 Å². The fourth-order valence-electron chi connectivity index (χ4n) is 9.38. The summed E-state index contributed by atoms with van der Waals surface area (Å²) < 4.78 is 5.97. The highest BCUT2D eigenvalue weighted by Crippen LogP contribution is 2.19. The van der Waals surface area contributed by atoms with Gasteiger partial charge in [0.15, 0.2) is 0 Å². The molecule has 0 spiro atoms. The van der Waals surface area contributed by atoms with Crippen LogP contribution >= 0.6 is 0 Å². The van der Waals surface area contributed by atoms with E-state index < -0.39 is 18.2 Å². The van der Waals surface area contributed by atoms with Crippen molar-refractivity contribution in [1.82, 2.24) is 5.32 Å². The molecule has 400 valence electrons. The lowest BCUT2D eigenvalue weighted by Gasteiger charge is -2.24. The molecule has 3 atom stereocenters. The fourth-order valence-corrected chi connectivity index (χ4v) is 9.38. The lowest BCUT2D eigenvalue weighted by molar-refractivity contribution is -0.151. The number of esters is 1. The van der Waals surface area contributed by atoms with Gasteiger partial charge in [-0.1, -0.05) is 282 Å². The molecule has 0 aromatic heterocycles. The lowest BCUT2D eigenvalue weighted by atomic mass is 10.0. The number of carbonyl (C=O) groups is 2. The SMILES string of the molecule is CCCCC/C=C\C/C=C\C/C=C\CCCCCCCCC(=O)OC(CCCCCCCCCCCCCCCCC)CC(=O)NC(CO)C(O)CCCCCCCCCCCCCCCCC. The van der Waals surface area contributed by atoms with Gasteiger partial charge >= 0.3 is 5.97 Å². The molecule has 3 N–H and O–H groups in total. The summed E-state index contributed by atoms with van der Waals surface area (Å²) in [5.41, 5.74) is 0. The molecule has 0 aliphatic carbocycles. The topological polar surface area (TPSA) is 95.9 Å². The summed E-state index contributed by atoms with van der Waals surface area (Å²) >= 11 is 0. The fraction of sp³-hybridized carbons (Fsp3) is 0.871. The molecule has 0 saturated heterocycles. The van der Waals surface area contributed by atoms with Crippen molar-refractivity contribution in [3.8, 4) is 0 Å². The average Bonchev–Trinajstić information content (AvgIpc) is 3.33. The first-order valence-electron chi connectivity index (χ1n) is 30.2. The number of carbonyl (C=O) groups excluding carboxylic acids is 2. The highest BCUT2D eigenvalue weighted by Gasteiger charge is 2.24. The number of nitrogens with one attached hydrogen (secondary N) is 1. The lowest BCUT2D eigenvalue weighted by Crippen LogP contribution is -2.46. The van der Waals surface area contributed by atoms with E-state index in [0.29, 0.717) is 19.3 Å². The number of aliphatic hydroxyl groups excluding tert-OH is 2.